The van der Waals surface area contributed by atoms with Gasteiger partial charge in [-0.2, -0.15) is 0 Å². The number of aryl methyl sites for hydroxylation is 1. The molecule has 0 fully saturated rings. The second-order valence-corrected chi connectivity index (χ2v) is 6.26. The summed E-state index contributed by atoms with van der Waals surface area (Å²) >= 11 is 1.34. The van der Waals surface area contributed by atoms with Gasteiger partial charge in [0.25, 0.3) is 5.19 Å². The quantitative estimate of drug-likeness (QED) is 0.579. The molecule has 0 saturated carbocycles. The van der Waals surface area contributed by atoms with E-state index < -0.39 is 5.97 Å². The summed E-state index contributed by atoms with van der Waals surface area (Å²) in [6.45, 7) is 2.01. The third-order valence-corrected chi connectivity index (χ3v) is 4.68. The van der Waals surface area contributed by atoms with Crippen molar-refractivity contribution in [3.05, 3.63) is 35.7 Å². The Bertz CT molecular complexity index is 1040. The Labute approximate surface area is 140 Å². The molecule has 1 aromatic carbocycles. The minimum atomic E-state index is -0.430. The van der Waals surface area contributed by atoms with E-state index in [2.05, 4.69) is 15.1 Å². The summed E-state index contributed by atoms with van der Waals surface area (Å²) in [6, 6.07) is 5.96. The van der Waals surface area contributed by atoms with Gasteiger partial charge >= 0.3 is 5.97 Å². The largest absolute Gasteiger partial charge is 0.472 e. The number of fused-ring (bicyclic) bond motifs is 2. The van der Waals surface area contributed by atoms with E-state index >= 15 is 0 Å². The smallest absolute Gasteiger partial charge is 0.355 e. The fourth-order valence-electron chi connectivity index (χ4n) is 2.71. The van der Waals surface area contributed by atoms with E-state index in [9.17, 15) is 4.79 Å². The lowest BCUT2D eigenvalue weighted by molar-refractivity contribution is 0.0596. The molecule has 0 aliphatic carbocycles. The van der Waals surface area contributed by atoms with Gasteiger partial charge in [0, 0.05) is 16.5 Å². The number of methoxy groups -OCH3 is 2. The van der Waals surface area contributed by atoms with Crippen LogP contribution in [0.5, 0.6) is 5.19 Å². The Hall–Kier alpha value is -2.87. The molecule has 8 heteroatoms. The molecule has 3 aromatic heterocycles. The van der Waals surface area contributed by atoms with Crippen LogP contribution in [-0.2, 0) is 4.74 Å². The number of aromatic nitrogens is 4. The van der Waals surface area contributed by atoms with Crippen LogP contribution in [0.4, 0.5) is 0 Å². The lowest BCUT2D eigenvalue weighted by Gasteiger charge is -2.00. The van der Waals surface area contributed by atoms with Crippen LogP contribution in [0.2, 0.25) is 0 Å². The molecule has 1 N–H and O–H groups in total. The Morgan fingerprint density at radius 2 is 2.17 bits per heavy atom. The number of carbonyl (C=O) groups is 1. The molecular weight excluding hydrogens is 328 g/mol. The molecule has 0 atom stereocenters. The van der Waals surface area contributed by atoms with Gasteiger partial charge < -0.3 is 14.5 Å². The molecule has 0 unspecified atom stereocenters. The highest BCUT2D eigenvalue weighted by Crippen LogP contribution is 2.34. The van der Waals surface area contributed by atoms with Crippen molar-refractivity contribution in [2.24, 2.45) is 0 Å². The molecule has 0 bridgehead atoms. The summed E-state index contributed by atoms with van der Waals surface area (Å²) < 4.78 is 11.7. The topological polar surface area (TPSA) is 81.5 Å². The molecule has 7 nitrogen and oxygen atoms in total. The molecule has 3 heterocycles. The normalized spacial score (nSPS) is 11.3. The van der Waals surface area contributed by atoms with Gasteiger partial charge in [-0.3, -0.25) is 0 Å². The van der Waals surface area contributed by atoms with Gasteiger partial charge in [0.1, 0.15) is 5.69 Å². The third kappa shape index (κ3) is 2.15. The zero-order chi connectivity index (χ0) is 16.8. The summed E-state index contributed by atoms with van der Waals surface area (Å²) in [7, 11) is 2.93. The lowest BCUT2D eigenvalue weighted by atomic mass is 10.1. The molecule has 0 aliphatic heterocycles. The van der Waals surface area contributed by atoms with Gasteiger partial charge in [0.15, 0.2) is 0 Å². The number of nitrogens with zero attached hydrogens (tertiary/aromatic N) is 3. The van der Waals surface area contributed by atoms with Crippen molar-refractivity contribution in [1.29, 1.82) is 0 Å². The number of esters is 1. The monoisotopic (exact) mass is 342 g/mol. The molecule has 4 rings (SSSR count). The van der Waals surface area contributed by atoms with Gasteiger partial charge in [-0.25, -0.2) is 14.3 Å². The Morgan fingerprint density at radius 1 is 1.33 bits per heavy atom. The minimum Gasteiger partial charge on any atom is -0.472 e. The summed E-state index contributed by atoms with van der Waals surface area (Å²) in [4.78, 5) is 20.6. The summed E-state index contributed by atoms with van der Waals surface area (Å²) in [6.07, 6.45) is 1.78. The average molecular weight is 342 g/mol. The van der Waals surface area contributed by atoms with Gasteiger partial charge in [-0.15, -0.1) is 5.10 Å². The number of ether oxygens (including phenoxy) is 2. The van der Waals surface area contributed by atoms with E-state index in [1.807, 2.05) is 25.1 Å². The van der Waals surface area contributed by atoms with Crippen LogP contribution < -0.4 is 4.74 Å². The van der Waals surface area contributed by atoms with Gasteiger partial charge in [-0.05, 0) is 30.4 Å². The van der Waals surface area contributed by atoms with E-state index in [0.29, 0.717) is 21.5 Å². The van der Waals surface area contributed by atoms with Crippen LogP contribution in [0.15, 0.2) is 24.4 Å². The highest BCUT2D eigenvalue weighted by Gasteiger charge is 2.22. The van der Waals surface area contributed by atoms with Crippen LogP contribution in [0.3, 0.4) is 0 Å². The Balaban J connectivity index is 1.99. The van der Waals surface area contributed by atoms with Gasteiger partial charge in [-0.1, -0.05) is 11.6 Å². The third-order valence-electron chi connectivity index (χ3n) is 3.80. The van der Waals surface area contributed by atoms with E-state index in [4.69, 9.17) is 9.47 Å². The average Bonchev–Trinajstić information content (AvgIpc) is 3.23. The van der Waals surface area contributed by atoms with Crippen molar-refractivity contribution < 1.29 is 14.3 Å². The van der Waals surface area contributed by atoms with Gasteiger partial charge in [0.05, 0.1) is 26.1 Å². The molecule has 0 spiro atoms. The molecule has 0 radical (unpaired) electrons. The van der Waals surface area contributed by atoms with Crippen molar-refractivity contribution in [2.45, 2.75) is 6.92 Å². The minimum absolute atomic E-state index is 0.385. The second kappa shape index (κ2) is 5.34. The van der Waals surface area contributed by atoms with Crippen LogP contribution in [-0.4, -0.2) is 39.8 Å². The molecule has 24 heavy (non-hydrogen) atoms. The van der Waals surface area contributed by atoms with E-state index in [1.165, 1.54) is 18.4 Å². The maximum Gasteiger partial charge on any atom is 0.355 e. The van der Waals surface area contributed by atoms with Crippen LogP contribution >= 0.6 is 11.3 Å². The summed E-state index contributed by atoms with van der Waals surface area (Å²) in [5, 5.41) is 5.74. The number of H-pyrrole nitrogens is 1. The Morgan fingerprint density at radius 3 is 2.88 bits per heavy atom. The molecule has 122 valence electrons. The maximum absolute atomic E-state index is 12.2. The highest BCUT2D eigenvalue weighted by atomic mass is 32.1. The molecule has 0 saturated heterocycles. The SMILES string of the molecule is COC(=O)c1[nH]c2ccc(C)cc2c1-c1cn2nc(OC)sc2n1. The van der Waals surface area contributed by atoms with Crippen LogP contribution in [0, 0.1) is 6.92 Å². The van der Waals surface area contributed by atoms with Gasteiger partial charge in [0.2, 0.25) is 4.96 Å². The van der Waals surface area contributed by atoms with Crippen molar-refractivity contribution in [3.8, 4) is 16.5 Å². The standard InChI is InChI=1S/C16H14N4O3S/c1-8-4-5-10-9(6-8)12(13(17-10)14(21)22-2)11-7-20-15(18-11)24-16(19-20)23-3/h4-7,17H,1-3H3. The van der Waals surface area contributed by atoms with Crippen molar-refractivity contribution in [2.75, 3.05) is 14.2 Å². The fourth-order valence-corrected chi connectivity index (χ4v) is 3.41. The number of nitrogens with one attached hydrogen (secondary N) is 1. The zero-order valence-corrected chi connectivity index (χ0v) is 14.1. The van der Waals surface area contributed by atoms with Crippen LogP contribution in [0.25, 0.3) is 27.1 Å². The predicted octanol–water partition coefficient (Wildman–Crippen LogP) is 3.04. The first-order valence-electron chi connectivity index (χ1n) is 7.22. The molecule has 0 amide bonds. The van der Waals surface area contributed by atoms with Crippen molar-refractivity contribution >= 4 is 33.2 Å². The zero-order valence-electron chi connectivity index (χ0n) is 13.3. The van der Waals surface area contributed by atoms with E-state index in [-0.39, 0.29) is 0 Å². The van der Waals surface area contributed by atoms with E-state index in [1.54, 1.807) is 17.8 Å². The number of hydrogen-bond donors (Lipinski definition) is 1. The number of imidazole rings is 1. The first kappa shape index (κ1) is 14.7. The maximum atomic E-state index is 12.2. The highest BCUT2D eigenvalue weighted by molar-refractivity contribution is 7.18. The number of rotatable bonds is 3. The number of aromatic amines is 1. The van der Waals surface area contributed by atoms with Crippen molar-refractivity contribution in [1.82, 2.24) is 19.6 Å². The molecular formula is C16H14N4O3S. The van der Waals surface area contributed by atoms with Crippen LogP contribution in [0.1, 0.15) is 16.1 Å². The number of benzene rings is 1. The summed E-state index contributed by atoms with van der Waals surface area (Å²) in [5.74, 6) is -0.430. The molecule has 4 aromatic rings. The fraction of sp³-hybridized carbons (Fsp3) is 0.188. The first-order valence-corrected chi connectivity index (χ1v) is 8.03. The number of hydrogen-bond acceptors (Lipinski definition) is 6. The first-order chi connectivity index (χ1) is 11.6. The predicted molar refractivity (Wildman–Crippen MR) is 90.8 cm³/mol. The van der Waals surface area contributed by atoms with Crippen molar-refractivity contribution in [3.63, 3.8) is 0 Å². The lowest BCUT2D eigenvalue weighted by Crippen LogP contribution is -2.03. The summed E-state index contributed by atoms with van der Waals surface area (Å²) in [5.41, 5.74) is 3.72. The number of carbonyl (C=O) groups excluding carboxylic acids is 1. The Kier molecular flexibility index (Phi) is 3.27. The van der Waals surface area contributed by atoms with E-state index in [0.717, 1.165) is 22.0 Å². The molecule has 0 aliphatic rings. The second-order valence-electron chi connectivity index (χ2n) is 5.34.